The summed E-state index contributed by atoms with van der Waals surface area (Å²) in [4.78, 5) is 11.6. The molecule has 2 rings (SSSR count). The van der Waals surface area contributed by atoms with Gasteiger partial charge < -0.3 is 10.4 Å². The predicted molar refractivity (Wildman–Crippen MR) is 72.0 cm³/mol. The summed E-state index contributed by atoms with van der Waals surface area (Å²) in [5.74, 6) is 2.04. The molecule has 2 aliphatic carbocycles. The lowest BCUT2D eigenvalue weighted by atomic mass is 9.66. The van der Waals surface area contributed by atoms with Crippen LogP contribution in [0.15, 0.2) is 12.2 Å². The molecular weight excluding hydrogens is 226 g/mol. The quantitative estimate of drug-likeness (QED) is 0.756. The first kappa shape index (κ1) is 13.6. The molecule has 102 valence electrons. The molecule has 0 radical (unpaired) electrons. The molecule has 0 heterocycles. The molecular formula is C15H25NO2. The van der Waals surface area contributed by atoms with Gasteiger partial charge in [-0.2, -0.15) is 0 Å². The average molecular weight is 251 g/mol. The second-order valence-electron chi connectivity index (χ2n) is 6.15. The van der Waals surface area contributed by atoms with Gasteiger partial charge in [-0.25, -0.2) is 0 Å². The molecule has 0 aromatic heterocycles. The van der Waals surface area contributed by atoms with Crippen LogP contribution < -0.4 is 5.32 Å². The third-order valence-electron chi connectivity index (χ3n) is 4.70. The third-order valence-corrected chi connectivity index (χ3v) is 4.70. The standard InChI is InChI=1S/C15H25NO2/c1-10(2)15(18)16-14-6-5-12-7-11(9-17)3-4-13(12)8-14/h11-14,17H,1,3-9H2,2H3,(H,16,18). The summed E-state index contributed by atoms with van der Waals surface area (Å²) >= 11 is 0. The lowest BCUT2D eigenvalue weighted by Gasteiger charge is -2.42. The van der Waals surface area contributed by atoms with E-state index in [2.05, 4.69) is 11.9 Å². The smallest absolute Gasteiger partial charge is 0.246 e. The molecule has 0 aromatic carbocycles. The second kappa shape index (κ2) is 5.87. The lowest BCUT2D eigenvalue weighted by Crippen LogP contribution is -2.42. The Kier molecular flexibility index (Phi) is 4.44. The van der Waals surface area contributed by atoms with Gasteiger partial charge in [0.25, 0.3) is 0 Å². The van der Waals surface area contributed by atoms with E-state index < -0.39 is 0 Å². The highest BCUT2D eigenvalue weighted by Gasteiger charge is 2.35. The van der Waals surface area contributed by atoms with Crippen LogP contribution in [-0.4, -0.2) is 23.7 Å². The van der Waals surface area contributed by atoms with Crippen LogP contribution in [0, 0.1) is 17.8 Å². The first-order valence-electron chi connectivity index (χ1n) is 7.17. The highest BCUT2D eigenvalue weighted by Crippen LogP contribution is 2.42. The molecule has 4 atom stereocenters. The van der Waals surface area contributed by atoms with Crippen molar-refractivity contribution in [3.8, 4) is 0 Å². The highest BCUT2D eigenvalue weighted by atomic mass is 16.3. The van der Waals surface area contributed by atoms with Crippen molar-refractivity contribution >= 4 is 5.91 Å². The molecule has 4 unspecified atom stereocenters. The molecule has 3 nitrogen and oxygen atoms in total. The van der Waals surface area contributed by atoms with Crippen molar-refractivity contribution in [3.63, 3.8) is 0 Å². The van der Waals surface area contributed by atoms with E-state index in [1.165, 1.54) is 19.3 Å². The second-order valence-corrected chi connectivity index (χ2v) is 6.15. The van der Waals surface area contributed by atoms with E-state index in [9.17, 15) is 9.90 Å². The summed E-state index contributed by atoms with van der Waals surface area (Å²) in [6.45, 7) is 5.79. The van der Waals surface area contributed by atoms with E-state index in [0.29, 0.717) is 24.1 Å². The van der Waals surface area contributed by atoms with E-state index in [1.807, 2.05) is 0 Å². The van der Waals surface area contributed by atoms with E-state index in [1.54, 1.807) is 6.92 Å². The molecule has 18 heavy (non-hydrogen) atoms. The maximum atomic E-state index is 11.6. The monoisotopic (exact) mass is 251 g/mol. The fraction of sp³-hybridized carbons (Fsp3) is 0.800. The zero-order valence-corrected chi connectivity index (χ0v) is 11.3. The minimum Gasteiger partial charge on any atom is -0.396 e. The molecule has 0 bridgehead atoms. The Balaban J connectivity index is 1.84. The van der Waals surface area contributed by atoms with Crippen molar-refractivity contribution in [2.45, 2.75) is 51.5 Å². The van der Waals surface area contributed by atoms with Gasteiger partial charge in [-0.05, 0) is 63.2 Å². The first-order valence-corrected chi connectivity index (χ1v) is 7.17. The number of nitrogens with one attached hydrogen (secondary N) is 1. The predicted octanol–water partition coefficient (Wildman–Crippen LogP) is 2.26. The van der Waals surface area contributed by atoms with Gasteiger partial charge in [0.2, 0.25) is 5.91 Å². The number of carbonyl (C=O) groups excluding carboxylic acids is 1. The summed E-state index contributed by atoms with van der Waals surface area (Å²) in [5, 5.41) is 12.3. The maximum Gasteiger partial charge on any atom is 0.246 e. The Labute approximate surface area is 110 Å². The molecule has 2 fully saturated rings. The molecule has 0 spiro atoms. The third kappa shape index (κ3) is 3.14. The molecule has 1 amide bonds. The van der Waals surface area contributed by atoms with Crippen molar-refractivity contribution in [2.24, 2.45) is 17.8 Å². The lowest BCUT2D eigenvalue weighted by molar-refractivity contribution is -0.118. The van der Waals surface area contributed by atoms with E-state index in [0.717, 1.165) is 31.1 Å². The fourth-order valence-electron chi connectivity index (χ4n) is 3.59. The normalized spacial score (nSPS) is 35.7. The number of hydrogen-bond acceptors (Lipinski definition) is 2. The minimum atomic E-state index is 0.00231. The number of rotatable bonds is 3. The van der Waals surface area contributed by atoms with Gasteiger partial charge in [0, 0.05) is 18.2 Å². The van der Waals surface area contributed by atoms with E-state index in [-0.39, 0.29) is 5.91 Å². The van der Waals surface area contributed by atoms with Gasteiger partial charge >= 0.3 is 0 Å². The first-order chi connectivity index (χ1) is 8.60. The topological polar surface area (TPSA) is 49.3 Å². The van der Waals surface area contributed by atoms with Crippen molar-refractivity contribution in [3.05, 3.63) is 12.2 Å². The van der Waals surface area contributed by atoms with Gasteiger partial charge in [-0.15, -0.1) is 0 Å². The van der Waals surface area contributed by atoms with Crippen molar-refractivity contribution in [1.29, 1.82) is 0 Å². The van der Waals surface area contributed by atoms with Crippen molar-refractivity contribution in [1.82, 2.24) is 5.32 Å². The van der Waals surface area contributed by atoms with Gasteiger partial charge in [0.15, 0.2) is 0 Å². The Morgan fingerprint density at radius 3 is 2.56 bits per heavy atom. The SMILES string of the molecule is C=C(C)C(=O)NC1CCC2CC(CO)CCC2C1. The molecule has 3 heteroatoms. The number of hydrogen-bond donors (Lipinski definition) is 2. The fourth-order valence-corrected chi connectivity index (χ4v) is 3.59. The summed E-state index contributed by atoms with van der Waals surface area (Å²) in [6, 6.07) is 0.334. The Morgan fingerprint density at radius 2 is 1.89 bits per heavy atom. The molecule has 2 N–H and O–H groups in total. The van der Waals surface area contributed by atoms with E-state index in [4.69, 9.17) is 0 Å². The summed E-state index contributed by atoms with van der Waals surface area (Å²) in [5.41, 5.74) is 0.598. The Hall–Kier alpha value is -0.830. The summed E-state index contributed by atoms with van der Waals surface area (Å²) in [6.07, 6.45) is 6.94. The minimum absolute atomic E-state index is 0.00231. The van der Waals surface area contributed by atoms with E-state index >= 15 is 0 Å². The van der Waals surface area contributed by atoms with Crippen LogP contribution in [0.1, 0.15) is 45.4 Å². The summed E-state index contributed by atoms with van der Waals surface area (Å²) < 4.78 is 0. The van der Waals surface area contributed by atoms with Crippen LogP contribution in [-0.2, 0) is 4.79 Å². The number of aliphatic hydroxyl groups is 1. The Morgan fingerprint density at radius 1 is 1.22 bits per heavy atom. The Bertz CT molecular complexity index is 326. The molecule has 0 aliphatic heterocycles. The summed E-state index contributed by atoms with van der Waals surface area (Å²) in [7, 11) is 0. The number of aliphatic hydroxyl groups excluding tert-OH is 1. The van der Waals surface area contributed by atoms with Crippen molar-refractivity contribution < 1.29 is 9.90 Å². The average Bonchev–Trinajstić information content (AvgIpc) is 2.37. The zero-order valence-electron chi connectivity index (χ0n) is 11.3. The highest BCUT2D eigenvalue weighted by molar-refractivity contribution is 5.92. The van der Waals surface area contributed by atoms with Crippen molar-refractivity contribution in [2.75, 3.05) is 6.61 Å². The van der Waals surface area contributed by atoms with Crippen LogP contribution in [0.3, 0.4) is 0 Å². The number of fused-ring (bicyclic) bond motifs is 1. The van der Waals surface area contributed by atoms with Gasteiger partial charge in [-0.3, -0.25) is 4.79 Å². The molecule has 0 saturated heterocycles. The van der Waals surface area contributed by atoms with Crippen LogP contribution in [0.2, 0.25) is 0 Å². The van der Waals surface area contributed by atoms with Gasteiger partial charge in [0.1, 0.15) is 0 Å². The molecule has 2 saturated carbocycles. The largest absolute Gasteiger partial charge is 0.396 e. The number of carbonyl (C=O) groups is 1. The zero-order chi connectivity index (χ0) is 13.1. The molecule has 2 aliphatic rings. The maximum absolute atomic E-state index is 11.6. The van der Waals surface area contributed by atoms with Crippen LogP contribution in [0.5, 0.6) is 0 Å². The van der Waals surface area contributed by atoms with Gasteiger partial charge in [0.05, 0.1) is 0 Å². The number of amides is 1. The van der Waals surface area contributed by atoms with Crippen LogP contribution in [0.25, 0.3) is 0 Å². The molecule has 0 aromatic rings. The van der Waals surface area contributed by atoms with Crippen LogP contribution in [0.4, 0.5) is 0 Å². The van der Waals surface area contributed by atoms with Crippen LogP contribution >= 0.6 is 0 Å². The van der Waals surface area contributed by atoms with Gasteiger partial charge in [-0.1, -0.05) is 6.58 Å².